The number of halogens is 1. The third kappa shape index (κ3) is 3.89. The summed E-state index contributed by atoms with van der Waals surface area (Å²) in [6, 6.07) is 3.85. The van der Waals surface area contributed by atoms with Gasteiger partial charge in [0.2, 0.25) is 5.95 Å². The van der Waals surface area contributed by atoms with Crippen molar-refractivity contribution in [3.8, 4) is 6.07 Å². The molecule has 1 saturated heterocycles. The largest absolute Gasteiger partial charge is 0.365 e. The molecule has 1 aliphatic heterocycles. The Bertz CT molecular complexity index is 863. The Morgan fingerprint density at radius 1 is 1.37 bits per heavy atom. The van der Waals surface area contributed by atoms with Crippen LogP contribution >= 0.6 is 0 Å². The van der Waals surface area contributed by atoms with Crippen LogP contribution in [0.25, 0.3) is 0 Å². The summed E-state index contributed by atoms with van der Waals surface area (Å²) in [4.78, 5) is 12.5. The van der Waals surface area contributed by atoms with E-state index in [-0.39, 0.29) is 12.6 Å². The molecule has 0 saturated carbocycles. The number of nitriles is 1. The number of rotatable bonds is 5. The molecular formula is C18H23FN8. The third-order valence-electron chi connectivity index (χ3n) is 4.76. The highest BCUT2D eigenvalue weighted by molar-refractivity contribution is 5.56. The molecular weight excluding hydrogens is 347 g/mol. The Kier molecular flexibility index (Phi) is 5.35. The van der Waals surface area contributed by atoms with Gasteiger partial charge in [-0.25, -0.2) is 9.37 Å². The quantitative estimate of drug-likeness (QED) is 0.852. The molecule has 0 amide bonds. The van der Waals surface area contributed by atoms with Crippen molar-refractivity contribution < 1.29 is 4.39 Å². The number of alkyl halides is 1. The predicted octanol–water partition coefficient (Wildman–Crippen LogP) is 1.85. The van der Waals surface area contributed by atoms with E-state index in [1.165, 1.54) is 0 Å². The first-order chi connectivity index (χ1) is 12.9. The fourth-order valence-corrected chi connectivity index (χ4v) is 3.13. The molecule has 142 valence electrons. The first-order valence-corrected chi connectivity index (χ1v) is 8.79. The third-order valence-corrected chi connectivity index (χ3v) is 4.76. The van der Waals surface area contributed by atoms with Gasteiger partial charge in [-0.05, 0) is 25.5 Å². The van der Waals surface area contributed by atoms with Gasteiger partial charge in [0.15, 0.2) is 5.82 Å². The van der Waals surface area contributed by atoms with Gasteiger partial charge in [-0.2, -0.15) is 15.3 Å². The molecule has 3 heterocycles. The SMILES string of the molecule is Cc1nnc(NC[C@@H]2C[C@H](F)CN2c2ccnc(N(C)C)n2)c(C#N)c1C. The number of nitrogens with zero attached hydrogens (tertiary/aromatic N) is 7. The van der Waals surface area contributed by atoms with Crippen molar-refractivity contribution in [3.63, 3.8) is 0 Å². The number of nitrogens with one attached hydrogen (secondary N) is 1. The van der Waals surface area contributed by atoms with Gasteiger partial charge in [-0.1, -0.05) is 0 Å². The number of aryl methyl sites for hydroxylation is 1. The van der Waals surface area contributed by atoms with E-state index in [0.29, 0.717) is 36.1 Å². The zero-order chi connectivity index (χ0) is 19.6. The summed E-state index contributed by atoms with van der Waals surface area (Å²) >= 11 is 0. The maximum atomic E-state index is 14.2. The molecule has 27 heavy (non-hydrogen) atoms. The number of anilines is 3. The van der Waals surface area contributed by atoms with Crippen molar-refractivity contribution in [3.05, 3.63) is 29.1 Å². The minimum atomic E-state index is -0.934. The zero-order valence-corrected chi connectivity index (χ0v) is 15.9. The molecule has 2 aromatic heterocycles. The summed E-state index contributed by atoms with van der Waals surface area (Å²) in [5, 5.41) is 20.8. The molecule has 1 aliphatic rings. The van der Waals surface area contributed by atoms with Crippen LogP contribution in [0.4, 0.5) is 22.0 Å². The van der Waals surface area contributed by atoms with Crippen LogP contribution in [0.1, 0.15) is 23.2 Å². The average Bonchev–Trinajstić information content (AvgIpc) is 3.03. The Hall–Kier alpha value is -3.02. The summed E-state index contributed by atoms with van der Waals surface area (Å²) in [6.07, 6.45) is 1.13. The van der Waals surface area contributed by atoms with E-state index in [2.05, 4.69) is 31.6 Å². The molecule has 3 rings (SSSR count). The smallest absolute Gasteiger partial charge is 0.226 e. The van der Waals surface area contributed by atoms with Gasteiger partial charge >= 0.3 is 0 Å². The molecule has 2 aromatic rings. The van der Waals surface area contributed by atoms with E-state index in [1.807, 2.05) is 37.7 Å². The van der Waals surface area contributed by atoms with Gasteiger partial charge in [0.05, 0.1) is 18.3 Å². The molecule has 0 radical (unpaired) electrons. The van der Waals surface area contributed by atoms with Crippen LogP contribution in [0.2, 0.25) is 0 Å². The minimum absolute atomic E-state index is 0.111. The second kappa shape index (κ2) is 7.70. The summed E-state index contributed by atoms with van der Waals surface area (Å²) < 4.78 is 14.2. The lowest BCUT2D eigenvalue weighted by Crippen LogP contribution is -2.36. The van der Waals surface area contributed by atoms with E-state index >= 15 is 0 Å². The molecule has 0 bridgehead atoms. The molecule has 1 fully saturated rings. The minimum Gasteiger partial charge on any atom is -0.365 e. The lowest BCUT2D eigenvalue weighted by molar-refractivity contribution is 0.357. The number of hydrogen-bond acceptors (Lipinski definition) is 8. The summed E-state index contributed by atoms with van der Waals surface area (Å²) in [5.74, 6) is 1.69. The van der Waals surface area contributed by atoms with Crippen LogP contribution in [0.3, 0.4) is 0 Å². The maximum absolute atomic E-state index is 14.2. The monoisotopic (exact) mass is 370 g/mol. The van der Waals surface area contributed by atoms with Gasteiger partial charge in [0, 0.05) is 33.3 Å². The fraction of sp³-hybridized carbons (Fsp3) is 0.500. The van der Waals surface area contributed by atoms with Crippen molar-refractivity contribution >= 4 is 17.6 Å². The van der Waals surface area contributed by atoms with Crippen LogP contribution < -0.4 is 15.1 Å². The van der Waals surface area contributed by atoms with Crippen LogP contribution in [0, 0.1) is 25.2 Å². The van der Waals surface area contributed by atoms with E-state index in [4.69, 9.17) is 0 Å². The molecule has 0 aromatic carbocycles. The van der Waals surface area contributed by atoms with Crippen LogP contribution in [0.5, 0.6) is 0 Å². The second-order valence-corrected chi connectivity index (χ2v) is 6.88. The number of hydrogen-bond donors (Lipinski definition) is 1. The van der Waals surface area contributed by atoms with Gasteiger partial charge in [-0.15, -0.1) is 5.10 Å². The van der Waals surface area contributed by atoms with Crippen molar-refractivity contribution in [1.82, 2.24) is 20.2 Å². The highest BCUT2D eigenvalue weighted by Gasteiger charge is 2.33. The normalized spacial score (nSPS) is 19.0. The van der Waals surface area contributed by atoms with E-state index in [9.17, 15) is 9.65 Å². The Labute approximate surface area is 158 Å². The fourth-order valence-electron chi connectivity index (χ4n) is 3.13. The molecule has 1 N–H and O–H groups in total. The molecule has 2 atom stereocenters. The summed E-state index contributed by atoms with van der Waals surface area (Å²) in [6.45, 7) is 4.38. The summed E-state index contributed by atoms with van der Waals surface area (Å²) in [5.41, 5.74) is 1.99. The first-order valence-electron chi connectivity index (χ1n) is 8.79. The average molecular weight is 370 g/mol. The Morgan fingerprint density at radius 3 is 2.85 bits per heavy atom. The van der Waals surface area contributed by atoms with Crippen LogP contribution in [-0.2, 0) is 0 Å². The standard InChI is InChI=1S/C18H23FN8/c1-11-12(2)24-25-17(15(11)8-20)22-9-14-7-13(19)10-27(14)16-5-6-21-18(23-16)26(3)4/h5-6,13-14H,7,9-10H2,1-4H3,(H,22,25)/t13-,14-/m0/s1. The van der Waals surface area contributed by atoms with Gasteiger partial charge in [0.1, 0.15) is 23.6 Å². The van der Waals surface area contributed by atoms with Gasteiger partial charge in [-0.3, -0.25) is 0 Å². The second-order valence-electron chi connectivity index (χ2n) is 6.88. The highest BCUT2D eigenvalue weighted by atomic mass is 19.1. The number of aromatic nitrogens is 4. The molecule has 8 nitrogen and oxygen atoms in total. The van der Waals surface area contributed by atoms with E-state index in [1.54, 1.807) is 12.3 Å². The Morgan fingerprint density at radius 2 is 2.15 bits per heavy atom. The molecule has 0 spiro atoms. The lowest BCUT2D eigenvalue weighted by Gasteiger charge is -2.26. The van der Waals surface area contributed by atoms with Crippen molar-refractivity contribution in [1.29, 1.82) is 5.26 Å². The van der Waals surface area contributed by atoms with Gasteiger partial charge < -0.3 is 15.1 Å². The van der Waals surface area contributed by atoms with Gasteiger partial charge in [0.25, 0.3) is 0 Å². The van der Waals surface area contributed by atoms with Crippen LogP contribution in [0.15, 0.2) is 12.3 Å². The first kappa shape index (κ1) is 18.8. The lowest BCUT2D eigenvalue weighted by atomic mass is 10.1. The van der Waals surface area contributed by atoms with Crippen molar-refractivity contribution in [2.24, 2.45) is 0 Å². The Balaban J connectivity index is 1.79. The van der Waals surface area contributed by atoms with Crippen molar-refractivity contribution in [2.75, 3.05) is 42.3 Å². The highest BCUT2D eigenvalue weighted by Crippen LogP contribution is 2.27. The summed E-state index contributed by atoms with van der Waals surface area (Å²) in [7, 11) is 3.73. The maximum Gasteiger partial charge on any atom is 0.226 e. The van der Waals surface area contributed by atoms with Crippen molar-refractivity contribution in [2.45, 2.75) is 32.5 Å². The molecule has 9 heteroatoms. The van der Waals surface area contributed by atoms with Crippen LogP contribution in [-0.4, -0.2) is 59.6 Å². The molecule has 0 unspecified atom stereocenters. The topological polar surface area (TPSA) is 93.9 Å². The van der Waals surface area contributed by atoms with E-state index < -0.39 is 6.17 Å². The molecule has 0 aliphatic carbocycles. The van der Waals surface area contributed by atoms with E-state index in [0.717, 1.165) is 11.3 Å². The predicted molar refractivity (Wildman–Crippen MR) is 102 cm³/mol. The zero-order valence-electron chi connectivity index (χ0n) is 15.9.